The van der Waals surface area contributed by atoms with Crippen molar-refractivity contribution >= 4 is 11.7 Å². The van der Waals surface area contributed by atoms with Gasteiger partial charge in [-0.15, -0.1) is 0 Å². The zero-order valence-electron chi connectivity index (χ0n) is 9.51. The van der Waals surface area contributed by atoms with Crippen molar-refractivity contribution in [3.63, 3.8) is 0 Å². The molecule has 4 heteroatoms. The minimum atomic E-state index is -0.250. The number of furan rings is 1. The number of hydrogen-bond acceptors (Lipinski definition) is 2. The van der Waals surface area contributed by atoms with Crippen LogP contribution in [0.2, 0.25) is 0 Å². The van der Waals surface area contributed by atoms with E-state index in [1.165, 1.54) is 0 Å². The van der Waals surface area contributed by atoms with Gasteiger partial charge in [0.1, 0.15) is 5.76 Å². The van der Waals surface area contributed by atoms with Gasteiger partial charge in [-0.1, -0.05) is 18.2 Å². The second-order valence-corrected chi connectivity index (χ2v) is 3.70. The molecule has 1 aromatic carbocycles. The maximum absolute atomic E-state index is 11.7. The highest BCUT2D eigenvalue weighted by Gasteiger charge is 2.11. The Morgan fingerprint density at radius 2 is 1.94 bits per heavy atom. The molecule has 1 aromatic heterocycles. The molecule has 2 N–H and O–H groups in total. The molecule has 0 aliphatic rings. The van der Waals surface area contributed by atoms with Crippen molar-refractivity contribution in [3.8, 4) is 0 Å². The number of anilines is 1. The molecule has 0 radical (unpaired) electrons. The number of amides is 2. The van der Waals surface area contributed by atoms with Gasteiger partial charge in [0.2, 0.25) is 0 Å². The monoisotopic (exact) mass is 230 g/mol. The van der Waals surface area contributed by atoms with Crippen LogP contribution >= 0.6 is 0 Å². The van der Waals surface area contributed by atoms with Crippen LogP contribution in [-0.2, 0) is 0 Å². The van der Waals surface area contributed by atoms with Crippen LogP contribution in [0.1, 0.15) is 18.7 Å². The van der Waals surface area contributed by atoms with Crippen molar-refractivity contribution in [2.24, 2.45) is 0 Å². The molecule has 0 unspecified atom stereocenters. The van der Waals surface area contributed by atoms with E-state index in [2.05, 4.69) is 10.6 Å². The standard InChI is InChI=1S/C13H14N2O2/c1-10(12-8-5-9-17-12)14-13(16)15-11-6-3-2-4-7-11/h2-10H,1H3,(H2,14,15,16)/t10-/m1/s1. The van der Waals surface area contributed by atoms with Gasteiger partial charge in [-0.25, -0.2) is 4.79 Å². The van der Waals surface area contributed by atoms with E-state index < -0.39 is 0 Å². The summed E-state index contributed by atoms with van der Waals surface area (Å²) in [5, 5.41) is 5.53. The molecule has 1 heterocycles. The highest BCUT2D eigenvalue weighted by molar-refractivity contribution is 5.89. The molecule has 2 amide bonds. The van der Waals surface area contributed by atoms with E-state index in [-0.39, 0.29) is 12.1 Å². The average molecular weight is 230 g/mol. The number of nitrogens with one attached hydrogen (secondary N) is 2. The molecule has 1 atom stereocenters. The highest BCUT2D eigenvalue weighted by Crippen LogP contribution is 2.12. The minimum absolute atomic E-state index is 0.159. The minimum Gasteiger partial charge on any atom is -0.467 e. The fraction of sp³-hybridized carbons (Fsp3) is 0.154. The normalized spacial score (nSPS) is 11.8. The van der Waals surface area contributed by atoms with Gasteiger partial charge in [0.25, 0.3) is 0 Å². The predicted octanol–water partition coefficient (Wildman–Crippen LogP) is 3.16. The van der Waals surface area contributed by atoms with Crippen molar-refractivity contribution in [3.05, 3.63) is 54.5 Å². The van der Waals surface area contributed by atoms with Gasteiger partial charge in [-0.2, -0.15) is 0 Å². The van der Waals surface area contributed by atoms with Crippen molar-refractivity contribution in [2.75, 3.05) is 5.32 Å². The predicted molar refractivity (Wildman–Crippen MR) is 65.7 cm³/mol. The van der Waals surface area contributed by atoms with Crippen LogP contribution in [0.3, 0.4) is 0 Å². The van der Waals surface area contributed by atoms with Crippen molar-refractivity contribution in [2.45, 2.75) is 13.0 Å². The Hall–Kier alpha value is -2.23. The van der Waals surface area contributed by atoms with Gasteiger partial charge in [-0.3, -0.25) is 0 Å². The molecule has 88 valence electrons. The highest BCUT2D eigenvalue weighted by atomic mass is 16.3. The third kappa shape index (κ3) is 3.11. The topological polar surface area (TPSA) is 54.3 Å². The smallest absolute Gasteiger partial charge is 0.319 e. The molecule has 0 spiro atoms. The summed E-state index contributed by atoms with van der Waals surface area (Å²) in [6, 6.07) is 12.5. The van der Waals surface area contributed by atoms with E-state index >= 15 is 0 Å². The number of carbonyl (C=O) groups excluding carboxylic acids is 1. The van der Waals surface area contributed by atoms with E-state index in [1.807, 2.05) is 43.3 Å². The van der Waals surface area contributed by atoms with Gasteiger partial charge >= 0.3 is 6.03 Å². The summed E-state index contributed by atoms with van der Waals surface area (Å²) in [7, 11) is 0. The molecule has 2 aromatic rings. The van der Waals surface area contributed by atoms with Gasteiger partial charge in [0.15, 0.2) is 0 Å². The van der Waals surface area contributed by atoms with Crippen LogP contribution in [0.4, 0.5) is 10.5 Å². The summed E-state index contributed by atoms with van der Waals surface area (Å²) in [6.45, 7) is 1.86. The summed E-state index contributed by atoms with van der Waals surface area (Å²) in [5.74, 6) is 0.730. The van der Waals surface area contributed by atoms with Crippen LogP contribution in [0.25, 0.3) is 0 Å². The van der Waals surface area contributed by atoms with Gasteiger partial charge in [0.05, 0.1) is 12.3 Å². The zero-order chi connectivity index (χ0) is 12.1. The molecule has 2 rings (SSSR count). The van der Waals surface area contributed by atoms with Gasteiger partial charge in [0, 0.05) is 5.69 Å². The van der Waals surface area contributed by atoms with Gasteiger partial charge < -0.3 is 15.1 Å². The first-order valence-electron chi connectivity index (χ1n) is 5.41. The Labute approximate surface area is 99.6 Å². The van der Waals surface area contributed by atoms with Crippen LogP contribution in [0.15, 0.2) is 53.1 Å². The van der Waals surface area contributed by atoms with Crippen LogP contribution in [0.5, 0.6) is 0 Å². The van der Waals surface area contributed by atoms with Gasteiger partial charge in [-0.05, 0) is 31.2 Å². The Morgan fingerprint density at radius 3 is 2.59 bits per heavy atom. The first-order chi connectivity index (χ1) is 8.25. The number of rotatable bonds is 3. The molecule has 0 saturated carbocycles. The fourth-order valence-corrected chi connectivity index (χ4v) is 1.49. The van der Waals surface area contributed by atoms with E-state index in [1.54, 1.807) is 12.3 Å². The molecule has 0 aliphatic carbocycles. The van der Waals surface area contributed by atoms with Crippen molar-refractivity contribution < 1.29 is 9.21 Å². The Morgan fingerprint density at radius 1 is 1.18 bits per heavy atom. The lowest BCUT2D eigenvalue weighted by Gasteiger charge is -2.12. The second kappa shape index (κ2) is 5.21. The molecule has 0 aliphatic heterocycles. The lowest BCUT2D eigenvalue weighted by atomic mass is 10.2. The third-order valence-electron chi connectivity index (χ3n) is 2.35. The summed E-state index contributed by atoms with van der Waals surface area (Å²) in [5.41, 5.74) is 0.761. The number of benzene rings is 1. The van der Waals surface area contributed by atoms with E-state index in [0.717, 1.165) is 11.4 Å². The Kier molecular flexibility index (Phi) is 3.45. The van der Waals surface area contributed by atoms with Crippen LogP contribution < -0.4 is 10.6 Å². The molecule has 0 saturated heterocycles. The number of hydrogen-bond donors (Lipinski definition) is 2. The maximum atomic E-state index is 11.7. The SMILES string of the molecule is C[C@@H](NC(=O)Nc1ccccc1)c1ccco1. The lowest BCUT2D eigenvalue weighted by Crippen LogP contribution is -2.30. The molecule has 17 heavy (non-hydrogen) atoms. The number of para-hydroxylation sites is 1. The molecule has 0 bridgehead atoms. The first kappa shape index (κ1) is 11.3. The largest absolute Gasteiger partial charge is 0.467 e. The number of carbonyl (C=O) groups is 1. The van der Waals surface area contributed by atoms with Crippen LogP contribution in [-0.4, -0.2) is 6.03 Å². The third-order valence-corrected chi connectivity index (χ3v) is 2.35. The van der Waals surface area contributed by atoms with E-state index in [9.17, 15) is 4.79 Å². The zero-order valence-corrected chi connectivity index (χ0v) is 9.51. The molecular formula is C13H14N2O2. The maximum Gasteiger partial charge on any atom is 0.319 e. The van der Waals surface area contributed by atoms with E-state index in [4.69, 9.17) is 4.42 Å². The quantitative estimate of drug-likeness (QED) is 0.850. The second-order valence-electron chi connectivity index (χ2n) is 3.70. The van der Waals surface area contributed by atoms with Crippen LogP contribution in [0, 0.1) is 0 Å². The van der Waals surface area contributed by atoms with Crippen molar-refractivity contribution in [1.82, 2.24) is 5.32 Å². The summed E-state index contributed by atoms with van der Waals surface area (Å²) in [4.78, 5) is 11.7. The average Bonchev–Trinajstić information content (AvgIpc) is 2.83. The summed E-state index contributed by atoms with van der Waals surface area (Å²) < 4.78 is 5.20. The summed E-state index contributed by atoms with van der Waals surface area (Å²) in [6.07, 6.45) is 1.59. The number of urea groups is 1. The lowest BCUT2D eigenvalue weighted by molar-refractivity contribution is 0.247. The summed E-state index contributed by atoms with van der Waals surface area (Å²) >= 11 is 0. The molecule has 4 nitrogen and oxygen atoms in total. The molecule has 0 fully saturated rings. The van der Waals surface area contributed by atoms with Crippen molar-refractivity contribution in [1.29, 1.82) is 0 Å². The molecular weight excluding hydrogens is 216 g/mol. The fourth-order valence-electron chi connectivity index (χ4n) is 1.49. The Bertz CT molecular complexity index is 465. The van der Waals surface area contributed by atoms with E-state index in [0.29, 0.717) is 0 Å². The Balaban J connectivity index is 1.90. The first-order valence-corrected chi connectivity index (χ1v) is 5.41.